The van der Waals surface area contributed by atoms with Crippen LogP contribution in [-0.2, 0) is 15.3 Å². The van der Waals surface area contributed by atoms with Crippen molar-refractivity contribution in [3.05, 3.63) is 35.9 Å². The number of hydrogen-bond donors (Lipinski definition) is 1. The molecule has 1 aliphatic rings. The first-order valence-corrected chi connectivity index (χ1v) is 9.06. The molecule has 1 aromatic carbocycles. The monoisotopic (exact) mass is 311 g/mol. The summed E-state index contributed by atoms with van der Waals surface area (Å²) in [5, 5.41) is 3.00. The SMILES string of the molecule is CO[C@]1(CNC(=O)CSCc2ccccc2)CCSC1. The zero-order valence-electron chi connectivity index (χ0n) is 11.8. The summed E-state index contributed by atoms with van der Waals surface area (Å²) < 4.78 is 5.58. The normalized spacial score (nSPS) is 21.9. The maximum absolute atomic E-state index is 11.9. The van der Waals surface area contributed by atoms with E-state index in [1.54, 1.807) is 18.9 Å². The van der Waals surface area contributed by atoms with Crippen molar-refractivity contribution in [3.8, 4) is 0 Å². The molecule has 1 aromatic rings. The first-order chi connectivity index (χ1) is 9.74. The molecule has 20 heavy (non-hydrogen) atoms. The van der Waals surface area contributed by atoms with Crippen molar-refractivity contribution < 1.29 is 9.53 Å². The molecule has 1 aliphatic heterocycles. The van der Waals surface area contributed by atoms with Crippen molar-refractivity contribution >= 4 is 29.4 Å². The lowest BCUT2D eigenvalue weighted by molar-refractivity contribution is -0.119. The molecule has 0 spiro atoms. The van der Waals surface area contributed by atoms with Crippen LogP contribution in [0.5, 0.6) is 0 Å². The van der Waals surface area contributed by atoms with E-state index in [-0.39, 0.29) is 11.5 Å². The van der Waals surface area contributed by atoms with Crippen molar-refractivity contribution in [1.29, 1.82) is 0 Å². The molecule has 1 saturated heterocycles. The van der Waals surface area contributed by atoms with Crippen LogP contribution in [0.3, 0.4) is 0 Å². The summed E-state index contributed by atoms with van der Waals surface area (Å²) in [7, 11) is 1.74. The van der Waals surface area contributed by atoms with Crippen molar-refractivity contribution in [1.82, 2.24) is 5.32 Å². The highest BCUT2D eigenvalue weighted by Gasteiger charge is 2.34. The number of benzene rings is 1. The highest BCUT2D eigenvalue weighted by atomic mass is 32.2. The second kappa shape index (κ2) is 7.96. The molecular formula is C15H21NO2S2. The molecule has 0 radical (unpaired) electrons. The van der Waals surface area contributed by atoms with Gasteiger partial charge in [0.05, 0.1) is 11.4 Å². The lowest BCUT2D eigenvalue weighted by Gasteiger charge is -2.26. The van der Waals surface area contributed by atoms with Gasteiger partial charge in [-0.25, -0.2) is 0 Å². The van der Waals surface area contributed by atoms with E-state index in [4.69, 9.17) is 4.74 Å². The Morgan fingerprint density at radius 3 is 2.90 bits per heavy atom. The second-order valence-corrected chi connectivity index (χ2v) is 7.04. The Balaban J connectivity index is 1.65. The molecule has 1 heterocycles. The second-order valence-electron chi connectivity index (χ2n) is 4.94. The minimum atomic E-state index is -0.148. The molecule has 2 rings (SSSR count). The fraction of sp³-hybridized carbons (Fsp3) is 0.533. The summed E-state index contributed by atoms with van der Waals surface area (Å²) in [6.07, 6.45) is 1.02. The van der Waals surface area contributed by atoms with Crippen molar-refractivity contribution in [2.24, 2.45) is 0 Å². The van der Waals surface area contributed by atoms with E-state index in [0.29, 0.717) is 12.3 Å². The van der Waals surface area contributed by atoms with E-state index in [1.165, 1.54) is 5.56 Å². The zero-order valence-corrected chi connectivity index (χ0v) is 13.4. The summed E-state index contributed by atoms with van der Waals surface area (Å²) in [6, 6.07) is 10.2. The van der Waals surface area contributed by atoms with Crippen molar-refractivity contribution in [2.75, 3.05) is 30.9 Å². The van der Waals surface area contributed by atoms with Crippen LogP contribution in [-0.4, -0.2) is 42.4 Å². The fourth-order valence-electron chi connectivity index (χ4n) is 2.11. The van der Waals surface area contributed by atoms with Crippen molar-refractivity contribution in [3.63, 3.8) is 0 Å². The molecule has 0 saturated carbocycles. The van der Waals surface area contributed by atoms with Crippen LogP contribution in [0, 0.1) is 0 Å². The predicted molar refractivity (Wildman–Crippen MR) is 87.3 cm³/mol. The zero-order chi connectivity index (χ0) is 14.3. The number of amides is 1. The Morgan fingerprint density at radius 2 is 2.25 bits per heavy atom. The molecule has 0 aliphatic carbocycles. The molecule has 1 N–H and O–H groups in total. The van der Waals surface area contributed by atoms with Crippen LogP contribution in [0.4, 0.5) is 0 Å². The number of nitrogens with one attached hydrogen (secondary N) is 1. The van der Waals surface area contributed by atoms with E-state index in [9.17, 15) is 4.79 Å². The van der Waals surface area contributed by atoms with E-state index >= 15 is 0 Å². The number of carbonyl (C=O) groups excluding carboxylic acids is 1. The Kier molecular flexibility index (Phi) is 6.26. The Bertz CT molecular complexity index is 419. The van der Waals surface area contributed by atoms with E-state index in [1.807, 2.05) is 30.0 Å². The molecule has 5 heteroatoms. The molecule has 3 nitrogen and oxygen atoms in total. The van der Waals surface area contributed by atoms with E-state index in [0.717, 1.165) is 23.7 Å². The smallest absolute Gasteiger partial charge is 0.230 e. The maximum atomic E-state index is 11.9. The lowest BCUT2D eigenvalue weighted by atomic mass is 10.0. The van der Waals surface area contributed by atoms with Crippen LogP contribution in [0.15, 0.2) is 30.3 Å². The highest BCUT2D eigenvalue weighted by Crippen LogP contribution is 2.30. The van der Waals surface area contributed by atoms with Gasteiger partial charge in [-0.15, -0.1) is 11.8 Å². The van der Waals surface area contributed by atoms with Crippen LogP contribution >= 0.6 is 23.5 Å². The number of hydrogen-bond acceptors (Lipinski definition) is 4. The first-order valence-electron chi connectivity index (χ1n) is 6.75. The Labute approximate surface area is 129 Å². The largest absolute Gasteiger partial charge is 0.376 e. The molecule has 110 valence electrons. The van der Waals surface area contributed by atoms with Crippen LogP contribution in [0.25, 0.3) is 0 Å². The minimum Gasteiger partial charge on any atom is -0.376 e. The van der Waals surface area contributed by atoms with Gasteiger partial charge >= 0.3 is 0 Å². The summed E-state index contributed by atoms with van der Waals surface area (Å²) in [6.45, 7) is 0.626. The summed E-state index contributed by atoms with van der Waals surface area (Å²) >= 11 is 3.54. The van der Waals surface area contributed by atoms with Gasteiger partial charge in [0.15, 0.2) is 0 Å². The molecule has 0 aromatic heterocycles. The number of rotatable bonds is 7. The van der Waals surface area contributed by atoms with Gasteiger partial charge in [-0.2, -0.15) is 11.8 Å². The highest BCUT2D eigenvalue weighted by molar-refractivity contribution is 7.99. The topological polar surface area (TPSA) is 38.3 Å². The van der Waals surface area contributed by atoms with E-state index < -0.39 is 0 Å². The minimum absolute atomic E-state index is 0.0965. The van der Waals surface area contributed by atoms with Gasteiger partial charge in [0.1, 0.15) is 0 Å². The van der Waals surface area contributed by atoms with Gasteiger partial charge in [-0.3, -0.25) is 4.79 Å². The molecule has 1 fully saturated rings. The first kappa shape index (κ1) is 15.7. The number of thioether (sulfide) groups is 2. The van der Waals surface area contributed by atoms with Crippen LogP contribution in [0.2, 0.25) is 0 Å². The molecule has 0 bridgehead atoms. The van der Waals surface area contributed by atoms with Crippen LogP contribution < -0.4 is 5.32 Å². The van der Waals surface area contributed by atoms with Gasteiger partial charge in [0.25, 0.3) is 0 Å². The maximum Gasteiger partial charge on any atom is 0.230 e. The third kappa shape index (κ3) is 4.72. The average Bonchev–Trinajstić information content (AvgIpc) is 2.96. The number of methoxy groups -OCH3 is 1. The van der Waals surface area contributed by atoms with Gasteiger partial charge in [-0.1, -0.05) is 30.3 Å². The standard InChI is InChI=1S/C15H21NO2S2/c1-18-15(7-8-19-12-15)11-16-14(17)10-20-9-13-5-3-2-4-6-13/h2-6H,7-12H2,1H3,(H,16,17)/t15-/m0/s1. The Morgan fingerprint density at radius 1 is 1.45 bits per heavy atom. The van der Waals surface area contributed by atoms with Gasteiger partial charge in [-0.05, 0) is 17.7 Å². The molecule has 0 unspecified atom stereocenters. The third-order valence-electron chi connectivity index (χ3n) is 3.45. The van der Waals surface area contributed by atoms with Crippen LogP contribution in [0.1, 0.15) is 12.0 Å². The fourth-order valence-corrected chi connectivity index (χ4v) is 4.32. The quantitative estimate of drug-likeness (QED) is 0.840. The lowest BCUT2D eigenvalue weighted by Crippen LogP contribution is -2.45. The van der Waals surface area contributed by atoms with Gasteiger partial charge < -0.3 is 10.1 Å². The summed E-state index contributed by atoms with van der Waals surface area (Å²) in [5.74, 6) is 3.56. The van der Waals surface area contributed by atoms with E-state index in [2.05, 4.69) is 17.4 Å². The average molecular weight is 311 g/mol. The number of carbonyl (C=O) groups is 1. The Hall–Kier alpha value is -0.650. The molecular weight excluding hydrogens is 290 g/mol. The van der Waals surface area contributed by atoms with Crippen molar-refractivity contribution in [2.45, 2.75) is 17.8 Å². The molecule has 1 atom stereocenters. The number of ether oxygens (including phenoxy) is 1. The molecule has 1 amide bonds. The van der Waals surface area contributed by atoms with Gasteiger partial charge in [0.2, 0.25) is 5.91 Å². The predicted octanol–water partition coefficient (Wildman–Crippen LogP) is 2.56. The van der Waals surface area contributed by atoms with Gasteiger partial charge in [0, 0.05) is 25.2 Å². The summed E-state index contributed by atoms with van der Waals surface area (Å²) in [5.41, 5.74) is 1.11. The summed E-state index contributed by atoms with van der Waals surface area (Å²) in [4.78, 5) is 11.9. The third-order valence-corrected chi connectivity index (χ3v) is 5.68.